The van der Waals surface area contributed by atoms with E-state index in [9.17, 15) is 18.0 Å². The normalized spacial score (nSPS) is 16.9. The summed E-state index contributed by atoms with van der Waals surface area (Å²) in [6.45, 7) is 3.41. The molecule has 0 radical (unpaired) electrons. The summed E-state index contributed by atoms with van der Waals surface area (Å²) in [5, 5.41) is 9.01. The molecule has 1 aliphatic rings. The number of hydrogen-bond donors (Lipinski definition) is 3. The second kappa shape index (κ2) is 8.27. The molecule has 5 rings (SSSR count). The van der Waals surface area contributed by atoms with Gasteiger partial charge in [-0.15, -0.1) is 11.3 Å². The molecule has 5 heterocycles. The highest BCUT2D eigenvalue weighted by Gasteiger charge is 2.36. The van der Waals surface area contributed by atoms with Crippen LogP contribution in [-0.2, 0) is 6.18 Å². The number of rotatable bonds is 4. The quantitative estimate of drug-likeness (QED) is 0.416. The molecule has 33 heavy (non-hydrogen) atoms. The molecule has 1 fully saturated rings. The molecule has 172 valence electrons. The molecule has 12 heteroatoms. The Morgan fingerprint density at radius 3 is 2.85 bits per heavy atom. The maximum atomic E-state index is 13.8. The highest BCUT2D eigenvalue weighted by molar-refractivity contribution is 7.12. The molecule has 0 unspecified atom stereocenters. The van der Waals surface area contributed by atoms with Crippen LogP contribution < -0.4 is 16.2 Å². The molecular weight excluding hydrogens is 455 g/mol. The van der Waals surface area contributed by atoms with Crippen molar-refractivity contribution in [2.75, 3.05) is 18.4 Å². The summed E-state index contributed by atoms with van der Waals surface area (Å²) in [6, 6.07) is 1.62. The van der Waals surface area contributed by atoms with E-state index in [1.807, 2.05) is 12.3 Å². The largest absolute Gasteiger partial charge is 0.419 e. The second-order valence-electron chi connectivity index (χ2n) is 7.89. The first-order valence-electron chi connectivity index (χ1n) is 10.4. The van der Waals surface area contributed by atoms with E-state index in [2.05, 4.69) is 30.6 Å². The van der Waals surface area contributed by atoms with Crippen molar-refractivity contribution in [3.8, 4) is 16.4 Å². The Balaban J connectivity index is 1.61. The fourth-order valence-corrected chi connectivity index (χ4v) is 4.72. The number of pyridine rings is 1. The minimum absolute atomic E-state index is 0.0280. The molecule has 3 N–H and O–H groups in total. The first-order chi connectivity index (χ1) is 15.8. The molecule has 0 aromatic carbocycles. The van der Waals surface area contributed by atoms with Gasteiger partial charge in [0.05, 0.1) is 11.4 Å². The summed E-state index contributed by atoms with van der Waals surface area (Å²) in [7, 11) is 0. The lowest BCUT2D eigenvalue weighted by atomic mass is 10.1. The number of H-pyrrole nitrogens is 1. The molecule has 1 aliphatic heterocycles. The van der Waals surface area contributed by atoms with Crippen LogP contribution in [0.15, 0.2) is 34.8 Å². The van der Waals surface area contributed by atoms with Crippen molar-refractivity contribution in [2.24, 2.45) is 0 Å². The maximum absolute atomic E-state index is 13.8. The molecule has 0 bridgehead atoms. The molecule has 8 nitrogen and oxygen atoms in total. The Kier molecular flexibility index (Phi) is 5.41. The predicted octanol–water partition coefficient (Wildman–Crippen LogP) is 3.72. The van der Waals surface area contributed by atoms with E-state index in [0.29, 0.717) is 17.1 Å². The van der Waals surface area contributed by atoms with Crippen LogP contribution in [0.4, 0.5) is 19.1 Å². The zero-order chi connectivity index (χ0) is 23.2. The van der Waals surface area contributed by atoms with Gasteiger partial charge < -0.3 is 15.6 Å². The first kappa shape index (κ1) is 21.6. The van der Waals surface area contributed by atoms with Gasteiger partial charge >= 0.3 is 6.18 Å². The monoisotopic (exact) mass is 475 g/mol. The van der Waals surface area contributed by atoms with Crippen molar-refractivity contribution in [3.63, 3.8) is 0 Å². The smallest absolute Gasteiger partial charge is 0.356 e. The van der Waals surface area contributed by atoms with Crippen LogP contribution in [0.25, 0.3) is 27.3 Å². The van der Waals surface area contributed by atoms with Gasteiger partial charge in [0.25, 0.3) is 5.56 Å². The van der Waals surface area contributed by atoms with Gasteiger partial charge in [-0.05, 0) is 32.4 Å². The topological polar surface area (TPSA) is 101 Å². The molecular formula is C21H20F3N7OS. The Hall–Kier alpha value is -3.25. The Bertz CT molecular complexity index is 1370. The fraction of sp³-hybridized carbons (Fsp3) is 0.333. The lowest BCUT2D eigenvalue weighted by Gasteiger charge is -2.24. The molecule has 1 saturated heterocycles. The Labute approximate surface area is 189 Å². The molecule has 1 atom stereocenters. The SMILES string of the molecule is Cc1csc(-n2ccc3c(-c4nc(N[C@H]5CCCNC5)ncc4C(F)(F)F)c[nH]c3c2=O)n1. The first-order valence-corrected chi connectivity index (χ1v) is 11.3. The van der Waals surface area contributed by atoms with Crippen molar-refractivity contribution in [1.82, 2.24) is 29.8 Å². The number of anilines is 1. The van der Waals surface area contributed by atoms with Gasteiger partial charge in [0.1, 0.15) is 11.1 Å². The van der Waals surface area contributed by atoms with E-state index in [4.69, 9.17) is 0 Å². The second-order valence-corrected chi connectivity index (χ2v) is 8.73. The predicted molar refractivity (Wildman–Crippen MR) is 120 cm³/mol. The number of nitrogens with one attached hydrogen (secondary N) is 3. The van der Waals surface area contributed by atoms with Gasteiger partial charge in [0, 0.05) is 47.5 Å². The van der Waals surface area contributed by atoms with Crippen molar-refractivity contribution < 1.29 is 13.2 Å². The van der Waals surface area contributed by atoms with Crippen molar-refractivity contribution in [1.29, 1.82) is 0 Å². The summed E-state index contributed by atoms with van der Waals surface area (Å²) < 4.78 is 42.8. The van der Waals surface area contributed by atoms with Gasteiger partial charge in [-0.25, -0.2) is 15.0 Å². The molecule has 4 aromatic heterocycles. The molecule has 0 aliphatic carbocycles. The van der Waals surface area contributed by atoms with E-state index in [1.165, 1.54) is 28.3 Å². The molecule has 0 amide bonds. The van der Waals surface area contributed by atoms with Crippen molar-refractivity contribution in [3.05, 3.63) is 51.6 Å². The lowest BCUT2D eigenvalue weighted by molar-refractivity contribution is -0.137. The summed E-state index contributed by atoms with van der Waals surface area (Å²) >= 11 is 1.31. The van der Waals surface area contributed by atoms with Gasteiger partial charge in [0.15, 0.2) is 5.13 Å². The number of aromatic nitrogens is 5. The van der Waals surface area contributed by atoms with E-state index in [1.54, 1.807) is 6.07 Å². The Morgan fingerprint density at radius 2 is 2.15 bits per heavy atom. The fourth-order valence-electron chi connectivity index (χ4n) is 3.94. The number of piperidine rings is 1. The standard InChI is InChI=1S/C21H20F3N7OS/c1-11-10-33-20(28-11)31-6-4-13-14(8-26-17(13)18(31)32)16-15(21(22,23)24)9-27-19(30-16)29-12-3-2-5-25-7-12/h4,6,8-10,12,25-26H,2-3,5,7H2,1H3,(H,27,29,30)/t12-/m0/s1. The average Bonchev–Trinajstić information content (AvgIpc) is 3.41. The number of thiazole rings is 1. The van der Waals surface area contributed by atoms with Crippen LogP contribution in [-0.4, -0.2) is 43.6 Å². The third-order valence-electron chi connectivity index (χ3n) is 5.54. The summed E-state index contributed by atoms with van der Waals surface area (Å²) in [5.41, 5.74) is -0.504. The van der Waals surface area contributed by atoms with Crippen LogP contribution in [0.3, 0.4) is 0 Å². The summed E-state index contributed by atoms with van der Waals surface area (Å²) in [4.78, 5) is 28.3. The van der Waals surface area contributed by atoms with Crippen LogP contribution >= 0.6 is 11.3 Å². The number of hydrogen-bond acceptors (Lipinski definition) is 7. The molecule has 0 spiro atoms. The van der Waals surface area contributed by atoms with Gasteiger partial charge in [0.2, 0.25) is 5.95 Å². The number of halogens is 3. The summed E-state index contributed by atoms with van der Waals surface area (Å²) in [6.07, 6.45) is 0.860. The van der Waals surface area contributed by atoms with Crippen molar-refractivity contribution >= 4 is 28.2 Å². The van der Waals surface area contributed by atoms with E-state index in [0.717, 1.165) is 31.3 Å². The molecule has 4 aromatic rings. The number of aryl methyl sites for hydroxylation is 1. The van der Waals surface area contributed by atoms with Gasteiger partial charge in [-0.1, -0.05) is 0 Å². The minimum Gasteiger partial charge on any atom is -0.356 e. The third kappa shape index (κ3) is 4.11. The maximum Gasteiger partial charge on any atom is 0.419 e. The van der Waals surface area contributed by atoms with Crippen LogP contribution in [0.2, 0.25) is 0 Å². The van der Waals surface area contributed by atoms with Crippen LogP contribution in [0.5, 0.6) is 0 Å². The highest BCUT2D eigenvalue weighted by atomic mass is 32.1. The zero-order valence-corrected chi connectivity index (χ0v) is 18.3. The summed E-state index contributed by atoms with van der Waals surface area (Å²) in [5.74, 6) is 0.118. The number of nitrogens with zero attached hydrogens (tertiary/aromatic N) is 4. The van der Waals surface area contributed by atoms with E-state index >= 15 is 0 Å². The number of fused-ring (bicyclic) bond motifs is 1. The van der Waals surface area contributed by atoms with Crippen molar-refractivity contribution in [2.45, 2.75) is 32.0 Å². The van der Waals surface area contributed by atoms with E-state index < -0.39 is 17.3 Å². The Morgan fingerprint density at radius 1 is 1.30 bits per heavy atom. The number of alkyl halides is 3. The zero-order valence-electron chi connectivity index (χ0n) is 17.5. The van der Waals surface area contributed by atoms with Gasteiger partial charge in [-0.2, -0.15) is 13.2 Å². The number of aromatic amines is 1. The van der Waals surface area contributed by atoms with Crippen LogP contribution in [0.1, 0.15) is 24.1 Å². The molecule has 0 saturated carbocycles. The minimum atomic E-state index is -4.66. The highest BCUT2D eigenvalue weighted by Crippen LogP contribution is 2.38. The lowest BCUT2D eigenvalue weighted by Crippen LogP contribution is -2.38. The third-order valence-corrected chi connectivity index (χ3v) is 6.49. The van der Waals surface area contributed by atoms with Crippen LogP contribution in [0, 0.1) is 6.92 Å². The van der Waals surface area contributed by atoms with Gasteiger partial charge in [-0.3, -0.25) is 9.36 Å². The van der Waals surface area contributed by atoms with E-state index in [-0.39, 0.29) is 28.8 Å². The average molecular weight is 476 g/mol.